The summed E-state index contributed by atoms with van der Waals surface area (Å²) in [5.74, 6) is -2.96. The molecule has 0 radical (unpaired) electrons. The zero-order valence-corrected chi connectivity index (χ0v) is 17.8. The fourth-order valence-electron chi connectivity index (χ4n) is 2.72. The van der Waals surface area contributed by atoms with Crippen molar-refractivity contribution >= 4 is 50.1 Å². The van der Waals surface area contributed by atoms with Gasteiger partial charge in [-0.2, -0.15) is 5.10 Å². The van der Waals surface area contributed by atoms with Crippen molar-refractivity contribution in [1.29, 1.82) is 0 Å². The summed E-state index contributed by atoms with van der Waals surface area (Å²) in [5.41, 5.74) is -0.682. The summed E-state index contributed by atoms with van der Waals surface area (Å²) < 4.78 is 54.8. The van der Waals surface area contributed by atoms with Gasteiger partial charge in [0.2, 0.25) is 10.0 Å². The maximum Gasteiger partial charge on any atom is 0.261 e. The van der Waals surface area contributed by atoms with Crippen LogP contribution in [0.25, 0.3) is 11.0 Å². The van der Waals surface area contributed by atoms with Crippen molar-refractivity contribution in [3.63, 3.8) is 0 Å². The number of fused-ring (bicyclic) bond motifs is 1. The number of amides is 1. The van der Waals surface area contributed by atoms with E-state index in [-0.39, 0.29) is 11.4 Å². The van der Waals surface area contributed by atoms with Crippen LogP contribution in [0.5, 0.6) is 0 Å². The van der Waals surface area contributed by atoms with Crippen LogP contribution in [0, 0.1) is 11.6 Å². The first kappa shape index (κ1) is 22.0. The van der Waals surface area contributed by atoms with Gasteiger partial charge in [0.05, 0.1) is 28.7 Å². The van der Waals surface area contributed by atoms with Crippen LogP contribution in [-0.4, -0.2) is 41.0 Å². The largest absolute Gasteiger partial charge is 0.320 e. The number of halogens is 2. The van der Waals surface area contributed by atoms with E-state index in [4.69, 9.17) is 0 Å². The molecule has 0 atom stereocenters. The predicted molar refractivity (Wildman–Crippen MR) is 112 cm³/mol. The molecule has 2 heterocycles. The van der Waals surface area contributed by atoms with E-state index in [2.05, 4.69) is 20.5 Å². The number of nitrogens with zero attached hydrogens (tertiary/aromatic N) is 2. The highest BCUT2D eigenvalue weighted by Gasteiger charge is 2.23. The minimum Gasteiger partial charge on any atom is -0.320 e. The third-order valence-corrected chi connectivity index (χ3v) is 6.33. The molecule has 3 N–H and O–H groups in total. The van der Waals surface area contributed by atoms with Crippen LogP contribution in [0.15, 0.2) is 29.4 Å². The van der Waals surface area contributed by atoms with Crippen molar-refractivity contribution in [1.82, 2.24) is 15.2 Å². The molecule has 8 nitrogen and oxygen atoms in total. The molecular weight excluding hydrogens is 436 g/mol. The molecule has 0 aliphatic carbocycles. The molecule has 12 heteroatoms. The number of aromatic amines is 1. The summed E-state index contributed by atoms with van der Waals surface area (Å²) in [6.45, 7) is 3.60. The van der Waals surface area contributed by atoms with E-state index < -0.39 is 38.8 Å². The first-order valence-electron chi connectivity index (χ1n) is 9.02. The Morgan fingerprint density at radius 2 is 2.03 bits per heavy atom. The Kier molecular flexibility index (Phi) is 6.56. The van der Waals surface area contributed by atoms with Gasteiger partial charge in [-0.3, -0.25) is 14.6 Å². The molecule has 0 fully saturated rings. The zero-order chi connectivity index (χ0) is 21.9. The second kappa shape index (κ2) is 8.96. The average Bonchev–Trinajstić information content (AvgIpc) is 3.07. The highest BCUT2D eigenvalue weighted by Crippen LogP contribution is 2.27. The van der Waals surface area contributed by atoms with Crippen molar-refractivity contribution in [3.8, 4) is 0 Å². The third kappa shape index (κ3) is 4.70. The quantitative estimate of drug-likeness (QED) is 0.446. The van der Waals surface area contributed by atoms with Gasteiger partial charge in [0.25, 0.3) is 5.91 Å². The molecule has 30 heavy (non-hydrogen) atoms. The fraction of sp³-hybridized carbons (Fsp3) is 0.278. The lowest BCUT2D eigenvalue weighted by atomic mass is 10.1. The van der Waals surface area contributed by atoms with E-state index in [1.165, 1.54) is 18.0 Å². The van der Waals surface area contributed by atoms with Crippen molar-refractivity contribution < 1.29 is 22.0 Å². The number of rotatable bonds is 8. The molecule has 0 unspecified atom stereocenters. The minimum absolute atomic E-state index is 0.211. The van der Waals surface area contributed by atoms with Crippen LogP contribution in [0.2, 0.25) is 0 Å². The van der Waals surface area contributed by atoms with Gasteiger partial charge in [-0.15, -0.1) is 11.8 Å². The van der Waals surface area contributed by atoms with Crippen LogP contribution >= 0.6 is 11.8 Å². The molecule has 1 aromatic carbocycles. The molecule has 3 aromatic rings. The Hall–Kier alpha value is -2.73. The third-order valence-electron chi connectivity index (χ3n) is 3.98. The molecule has 3 rings (SSSR count). The first-order valence-corrected chi connectivity index (χ1v) is 11.7. The standard InChI is InChI=1S/C18H19F2N5O3S2/c1-3-7-30(27,28)25-13-6-5-12(19)14(15(13)20)17(26)22-10-8-11-16(21-9-10)23-24-18(11)29-4-2/h5-6,8-9,25H,3-4,7H2,1-2H3,(H,22,26)(H,21,23,24). The number of hydrogen-bond acceptors (Lipinski definition) is 6. The molecule has 0 aliphatic heterocycles. The summed E-state index contributed by atoms with van der Waals surface area (Å²) in [7, 11) is -3.82. The number of aromatic nitrogens is 3. The molecule has 0 bridgehead atoms. The van der Waals surface area contributed by atoms with E-state index in [1.807, 2.05) is 11.6 Å². The molecule has 0 saturated carbocycles. The van der Waals surface area contributed by atoms with Crippen LogP contribution in [0.3, 0.4) is 0 Å². The van der Waals surface area contributed by atoms with Crippen molar-refractivity contribution in [2.45, 2.75) is 25.3 Å². The van der Waals surface area contributed by atoms with Crippen molar-refractivity contribution in [3.05, 3.63) is 41.6 Å². The smallest absolute Gasteiger partial charge is 0.261 e. The number of sulfonamides is 1. The number of thioether (sulfide) groups is 1. The minimum atomic E-state index is -3.82. The lowest BCUT2D eigenvalue weighted by Gasteiger charge is -2.12. The fourth-order valence-corrected chi connectivity index (χ4v) is 4.54. The highest BCUT2D eigenvalue weighted by molar-refractivity contribution is 7.99. The Bertz CT molecular complexity index is 1200. The molecular formula is C18H19F2N5O3S2. The van der Waals surface area contributed by atoms with Crippen LogP contribution < -0.4 is 10.0 Å². The van der Waals surface area contributed by atoms with Gasteiger partial charge < -0.3 is 5.32 Å². The number of nitrogens with one attached hydrogen (secondary N) is 3. The van der Waals surface area contributed by atoms with Gasteiger partial charge in [0, 0.05) is 0 Å². The predicted octanol–water partition coefficient (Wildman–Crippen LogP) is 3.75. The summed E-state index contributed by atoms with van der Waals surface area (Å²) >= 11 is 1.47. The second-order valence-electron chi connectivity index (χ2n) is 6.24. The van der Waals surface area contributed by atoms with Gasteiger partial charge in [0.15, 0.2) is 11.5 Å². The van der Waals surface area contributed by atoms with Crippen LogP contribution in [-0.2, 0) is 10.0 Å². The number of anilines is 2. The Labute approximate surface area is 175 Å². The Balaban J connectivity index is 1.90. The summed E-state index contributed by atoms with van der Waals surface area (Å²) in [6, 6.07) is 3.35. The lowest BCUT2D eigenvalue weighted by Crippen LogP contribution is -2.20. The van der Waals surface area contributed by atoms with Gasteiger partial charge in [-0.1, -0.05) is 13.8 Å². The Morgan fingerprint density at radius 1 is 1.27 bits per heavy atom. The SMILES string of the molecule is CCCS(=O)(=O)Nc1ccc(F)c(C(=O)Nc2cnc3[nH]nc(SCC)c3c2)c1F. The van der Waals surface area contributed by atoms with E-state index in [1.54, 1.807) is 13.0 Å². The van der Waals surface area contributed by atoms with Crippen molar-refractivity contribution in [2.24, 2.45) is 0 Å². The zero-order valence-electron chi connectivity index (χ0n) is 16.1. The monoisotopic (exact) mass is 455 g/mol. The molecule has 160 valence electrons. The average molecular weight is 456 g/mol. The molecule has 0 aliphatic rings. The van der Waals surface area contributed by atoms with E-state index in [0.29, 0.717) is 22.5 Å². The van der Waals surface area contributed by atoms with Crippen LogP contribution in [0.1, 0.15) is 30.6 Å². The Morgan fingerprint density at radius 3 is 2.73 bits per heavy atom. The summed E-state index contributed by atoms with van der Waals surface area (Å²) in [6.07, 6.45) is 1.63. The molecule has 1 amide bonds. The van der Waals surface area contributed by atoms with E-state index in [0.717, 1.165) is 17.9 Å². The summed E-state index contributed by atoms with van der Waals surface area (Å²) in [5, 5.41) is 10.6. The summed E-state index contributed by atoms with van der Waals surface area (Å²) in [4.78, 5) is 16.7. The van der Waals surface area contributed by atoms with Crippen molar-refractivity contribution in [2.75, 3.05) is 21.5 Å². The molecule has 0 spiro atoms. The van der Waals surface area contributed by atoms with Gasteiger partial charge in [-0.25, -0.2) is 22.2 Å². The number of carbonyl (C=O) groups is 1. The number of pyridine rings is 1. The number of benzene rings is 1. The maximum absolute atomic E-state index is 14.8. The molecule has 2 aromatic heterocycles. The van der Waals surface area contributed by atoms with E-state index in [9.17, 15) is 22.0 Å². The van der Waals surface area contributed by atoms with Gasteiger partial charge in [-0.05, 0) is 30.4 Å². The first-order chi connectivity index (χ1) is 14.3. The maximum atomic E-state index is 14.8. The highest BCUT2D eigenvalue weighted by atomic mass is 32.2. The van der Waals surface area contributed by atoms with Crippen LogP contribution in [0.4, 0.5) is 20.2 Å². The topological polar surface area (TPSA) is 117 Å². The second-order valence-corrected chi connectivity index (χ2v) is 9.34. The normalized spacial score (nSPS) is 11.6. The molecule has 0 saturated heterocycles. The number of H-pyrrole nitrogens is 1. The van der Waals surface area contributed by atoms with Gasteiger partial charge >= 0.3 is 0 Å². The van der Waals surface area contributed by atoms with E-state index >= 15 is 0 Å². The number of hydrogen-bond donors (Lipinski definition) is 3. The van der Waals surface area contributed by atoms with Gasteiger partial charge in [0.1, 0.15) is 16.4 Å². The lowest BCUT2D eigenvalue weighted by molar-refractivity contribution is 0.101. The number of carbonyl (C=O) groups excluding carboxylic acids is 1.